The van der Waals surface area contributed by atoms with E-state index in [1.54, 1.807) is 22.6 Å². The van der Waals surface area contributed by atoms with E-state index in [9.17, 15) is 4.79 Å². The van der Waals surface area contributed by atoms with E-state index >= 15 is 0 Å². The predicted octanol–water partition coefficient (Wildman–Crippen LogP) is 1.96. The molecule has 5 heteroatoms. The van der Waals surface area contributed by atoms with Crippen molar-refractivity contribution < 1.29 is 4.79 Å². The number of nitrogens with one attached hydrogen (secondary N) is 1. The third kappa shape index (κ3) is 4.13. The molecule has 0 radical (unpaired) electrons. The van der Waals surface area contributed by atoms with Crippen LogP contribution in [0.25, 0.3) is 0 Å². The Hall–Kier alpha value is -1.75. The van der Waals surface area contributed by atoms with Gasteiger partial charge >= 0.3 is 0 Å². The second kappa shape index (κ2) is 6.99. The average molecular weight is 275 g/mol. The van der Waals surface area contributed by atoms with Crippen LogP contribution in [-0.2, 0) is 17.8 Å². The molecule has 0 saturated carbocycles. The largest absolute Gasteiger partial charge is 0.354 e. The number of nitrogens with zero attached hydrogens (tertiary/aromatic N) is 2. The average Bonchev–Trinajstić information content (AvgIpc) is 2.92. The second-order valence-corrected chi connectivity index (χ2v) is 4.96. The lowest BCUT2D eigenvalue weighted by atomic mass is 10.1. The molecule has 0 bridgehead atoms. The lowest BCUT2D eigenvalue weighted by Gasteiger charge is -2.08. The molecule has 0 aliphatic rings. The number of rotatable bonds is 6. The van der Waals surface area contributed by atoms with Gasteiger partial charge in [0.25, 0.3) is 0 Å². The topological polar surface area (TPSA) is 46.9 Å². The fourth-order valence-corrected chi connectivity index (χ4v) is 2.44. The Morgan fingerprint density at radius 3 is 2.95 bits per heavy atom. The molecular weight excluding hydrogens is 258 g/mol. The van der Waals surface area contributed by atoms with Gasteiger partial charge in [0.1, 0.15) is 0 Å². The summed E-state index contributed by atoms with van der Waals surface area (Å²) in [5.74, 6) is 0.0497. The molecule has 0 fully saturated rings. The third-order valence-electron chi connectivity index (χ3n) is 2.77. The Kier molecular flexibility index (Phi) is 5.03. The van der Waals surface area contributed by atoms with Gasteiger partial charge in [-0.15, -0.1) is 11.8 Å². The molecule has 100 valence electrons. The van der Waals surface area contributed by atoms with Gasteiger partial charge in [-0.3, -0.25) is 9.48 Å². The zero-order valence-electron chi connectivity index (χ0n) is 10.9. The highest BCUT2D eigenvalue weighted by molar-refractivity contribution is 7.98. The Morgan fingerprint density at radius 1 is 1.37 bits per heavy atom. The number of amides is 1. The van der Waals surface area contributed by atoms with Crippen molar-refractivity contribution in [3.63, 3.8) is 0 Å². The first kappa shape index (κ1) is 13.7. The molecule has 1 N–H and O–H groups in total. The molecular formula is C14H17N3OS. The highest BCUT2D eigenvalue weighted by Gasteiger charge is 2.06. The van der Waals surface area contributed by atoms with Gasteiger partial charge in [0.15, 0.2) is 0 Å². The van der Waals surface area contributed by atoms with Crippen LogP contribution in [0, 0.1) is 0 Å². The van der Waals surface area contributed by atoms with Crippen LogP contribution in [0.1, 0.15) is 5.56 Å². The van der Waals surface area contributed by atoms with E-state index in [1.807, 2.05) is 42.8 Å². The van der Waals surface area contributed by atoms with E-state index in [0.717, 1.165) is 10.5 Å². The Labute approximate surface area is 117 Å². The van der Waals surface area contributed by atoms with Crippen molar-refractivity contribution in [2.75, 3.05) is 12.8 Å². The number of hydrogen-bond acceptors (Lipinski definition) is 3. The van der Waals surface area contributed by atoms with Crippen molar-refractivity contribution in [2.45, 2.75) is 17.9 Å². The summed E-state index contributed by atoms with van der Waals surface area (Å²) in [6.45, 7) is 1.30. The van der Waals surface area contributed by atoms with Crippen molar-refractivity contribution in [1.82, 2.24) is 15.1 Å². The maximum Gasteiger partial charge on any atom is 0.224 e. The fraction of sp³-hybridized carbons (Fsp3) is 0.286. The lowest BCUT2D eigenvalue weighted by Crippen LogP contribution is -2.28. The number of carbonyl (C=O) groups is 1. The van der Waals surface area contributed by atoms with Gasteiger partial charge in [0.05, 0.1) is 13.0 Å². The minimum atomic E-state index is 0.0497. The van der Waals surface area contributed by atoms with E-state index < -0.39 is 0 Å². The molecule has 1 aromatic carbocycles. The van der Waals surface area contributed by atoms with E-state index in [2.05, 4.69) is 10.4 Å². The summed E-state index contributed by atoms with van der Waals surface area (Å²) >= 11 is 1.67. The summed E-state index contributed by atoms with van der Waals surface area (Å²) in [7, 11) is 0. The molecule has 0 aliphatic carbocycles. The van der Waals surface area contributed by atoms with Crippen LogP contribution in [-0.4, -0.2) is 28.5 Å². The number of hydrogen-bond donors (Lipinski definition) is 1. The van der Waals surface area contributed by atoms with Crippen molar-refractivity contribution >= 4 is 17.7 Å². The first-order chi connectivity index (χ1) is 9.29. The molecule has 4 nitrogen and oxygen atoms in total. The van der Waals surface area contributed by atoms with Gasteiger partial charge in [-0.05, 0) is 24.0 Å². The minimum absolute atomic E-state index is 0.0497. The Morgan fingerprint density at radius 2 is 2.21 bits per heavy atom. The first-order valence-electron chi connectivity index (χ1n) is 6.15. The second-order valence-electron chi connectivity index (χ2n) is 4.11. The third-order valence-corrected chi connectivity index (χ3v) is 3.60. The number of thioether (sulfide) groups is 1. The molecule has 0 saturated heterocycles. The fourth-order valence-electron chi connectivity index (χ4n) is 1.83. The maximum absolute atomic E-state index is 11.9. The van der Waals surface area contributed by atoms with Gasteiger partial charge in [-0.2, -0.15) is 5.10 Å². The van der Waals surface area contributed by atoms with Crippen LogP contribution in [0.4, 0.5) is 0 Å². The maximum atomic E-state index is 11.9. The molecule has 2 rings (SSSR count). The highest BCUT2D eigenvalue weighted by atomic mass is 32.2. The van der Waals surface area contributed by atoms with E-state index in [1.165, 1.54) is 0 Å². The molecule has 1 aromatic heterocycles. The molecule has 0 unspecified atom stereocenters. The van der Waals surface area contributed by atoms with Crippen molar-refractivity contribution in [2.24, 2.45) is 0 Å². The van der Waals surface area contributed by atoms with Gasteiger partial charge in [0.2, 0.25) is 5.91 Å². The van der Waals surface area contributed by atoms with Crippen molar-refractivity contribution in [3.8, 4) is 0 Å². The summed E-state index contributed by atoms with van der Waals surface area (Å²) in [5, 5.41) is 7.00. The van der Waals surface area contributed by atoms with Gasteiger partial charge in [-0.1, -0.05) is 18.2 Å². The summed E-state index contributed by atoms with van der Waals surface area (Å²) in [6.07, 6.45) is 6.07. The normalized spacial score (nSPS) is 10.4. The monoisotopic (exact) mass is 275 g/mol. The Balaban J connectivity index is 1.80. The zero-order chi connectivity index (χ0) is 13.5. The van der Waals surface area contributed by atoms with E-state index in [-0.39, 0.29) is 5.91 Å². The molecule has 0 atom stereocenters. The van der Waals surface area contributed by atoms with Crippen molar-refractivity contribution in [3.05, 3.63) is 48.3 Å². The molecule has 19 heavy (non-hydrogen) atoms. The van der Waals surface area contributed by atoms with Gasteiger partial charge in [0, 0.05) is 23.8 Å². The number of benzene rings is 1. The zero-order valence-corrected chi connectivity index (χ0v) is 11.7. The van der Waals surface area contributed by atoms with Crippen molar-refractivity contribution in [1.29, 1.82) is 0 Å². The van der Waals surface area contributed by atoms with Crippen LogP contribution in [0.15, 0.2) is 47.6 Å². The smallest absolute Gasteiger partial charge is 0.224 e. The van der Waals surface area contributed by atoms with E-state index in [0.29, 0.717) is 19.5 Å². The van der Waals surface area contributed by atoms with E-state index in [4.69, 9.17) is 0 Å². The minimum Gasteiger partial charge on any atom is -0.354 e. The van der Waals surface area contributed by atoms with Crippen LogP contribution in [0.5, 0.6) is 0 Å². The number of aromatic nitrogens is 2. The molecule has 1 heterocycles. The van der Waals surface area contributed by atoms with Crippen LogP contribution < -0.4 is 5.32 Å². The van der Waals surface area contributed by atoms with Gasteiger partial charge in [-0.25, -0.2) is 0 Å². The van der Waals surface area contributed by atoms with Crippen LogP contribution in [0.2, 0.25) is 0 Å². The van der Waals surface area contributed by atoms with Gasteiger partial charge < -0.3 is 5.32 Å². The lowest BCUT2D eigenvalue weighted by molar-refractivity contribution is -0.120. The molecule has 1 amide bonds. The Bertz CT molecular complexity index is 525. The summed E-state index contributed by atoms with van der Waals surface area (Å²) in [5.41, 5.74) is 1.08. The molecule has 0 spiro atoms. The van der Waals surface area contributed by atoms with Crippen LogP contribution in [0.3, 0.4) is 0 Å². The summed E-state index contributed by atoms with van der Waals surface area (Å²) in [6, 6.07) is 9.86. The summed E-state index contributed by atoms with van der Waals surface area (Å²) in [4.78, 5) is 13.0. The molecule has 0 aliphatic heterocycles. The first-order valence-corrected chi connectivity index (χ1v) is 7.38. The number of carbonyl (C=O) groups excluding carboxylic acids is 1. The highest BCUT2D eigenvalue weighted by Crippen LogP contribution is 2.19. The predicted molar refractivity (Wildman–Crippen MR) is 77.2 cm³/mol. The van der Waals surface area contributed by atoms with Crippen LogP contribution >= 0.6 is 11.8 Å². The summed E-state index contributed by atoms with van der Waals surface area (Å²) < 4.78 is 1.80. The molecule has 2 aromatic rings. The SMILES string of the molecule is CSc1ccccc1CC(=O)NCCn1cccn1. The quantitative estimate of drug-likeness (QED) is 0.820. The standard InChI is InChI=1S/C14H17N3OS/c1-19-13-6-3-2-5-12(13)11-14(18)15-8-10-17-9-4-7-16-17/h2-7,9H,8,10-11H2,1H3,(H,15,18).